The molecular formula is C17H27N6O3+. The minimum atomic E-state index is -0.0876. The molecule has 0 saturated carbocycles. The predicted octanol–water partition coefficient (Wildman–Crippen LogP) is -1.97. The Morgan fingerprint density at radius 3 is 2.65 bits per heavy atom. The van der Waals surface area contributed by atoms with Crippen molar-refractivity contribution >= 4 is 17.6 Å². The van der Waals surface area contributed by atoms with Crippen LogP contribution in [0.2, 0.25) is 0 Å². The van der Waals surface area contributed by atoms with Gasteiger partial charge in [-0.15, -0.1) is 5.10 Å². The fraction of sp³-hybridized carbons (Fsp3) is 0.706. The molecule has 1 aromatic rings. The molecule has 1 unspecified atom stereocenters. The van der Waals surface area contributed by atoms with Crippen molar-refractivity contribution in [3.8, 4) is 0 Å². The van der Waals surface area contributed by atoms with Crippen molar-refractivity contribution in [1.29, 1.82) is 0 Å². The zero-order valence-corrected chi connectivity index (χ0v) is 15.3. The van der Waals surface area contributed by atoms with Crippen LogP contribution in [0.3, 0.4) is 0 Å². The SMILES string of the molecule is CC(=O)NCCNC(=O)[C@H]1C[NH+]2CC[C@@H]1C[C@@H]2Cn1cc(C(C)=O)nn1. The number of piperidine rings is 3. The molecule has 3 N–H and O–H groups in total. The molecule has 3 fully saturated rings. The smallest absolute Gasteiger partial charge is 0.229 e. The monoisotopic (exact) mass is 363 g/mol. The zero-order chi connectivity index (χ0) is 18.7. The number of rotatable bonds is 7. The highest BCUT2D eigenvalue weighted by Gasteiger charge is 2.46. The van der Waals surface area contributed by atoms with Gasteiger partial charge in [-0.05, 0) is 5.92 Å². The Kier molecular flexibility index (Phi) is 5.65. The van der Waals surface area contributed by atoms with Crippen molar-refractivity contribution in [1.82, 2.24) is 25.6 Å². The summed E-state index contributed by atoms with van der Waals surface area (Å²) in [6, 6.07) is 0.402. The largest absolute Gasteiger partial charge is 0.355 e. The summed E-state index contributed by atoms with van der Waals surface area (Å²) in [5.41, 5.74) is 0.396. The van der Waals surface area contributed by atoms with Crippen molar-refractivity contribution in [2.75, 3.05) is 26.2 Å². The molecule has 4 heterocycles. The highest BCUT2D eigenvalue weighted by Crippen LogP contribution is 2.27. The Morgan fingerprint density at radius 2 is 2.04 bits per heavy atom. The third-order valence-electron chi connectivity index (χ3n) is 5.49. The van der Waals surface area contributed by atoms with E-state index in [0.29, 0.717) is 30.7 Å². The van der Waals surface area contributed by atoms with Gasteiger partial charge in [-0.2, -0.15) is 0 Å². The van der Waals surface area contributed by atoms with Crippen molar-refractivity contribution in [3.63, 3.8) is 0 Å². The second-order valence-corrected chi connectivity index (χ2v) is 7.36. The van der Waals surface area contributed by atoms with E-state index in [9.17, 15) is 14.4 Å². The van der Waals surface area contributed by atoms with Gasteiger partial charge in [-0.3, -0.25) is 14.4 Å². The molecule has 4 atom stereocenters. The van der Waals surface area contributed by atoms with E-state index in [4.69, 9.17) is 0 Å². The van der Waals surface area contributed by atoms with Crippen LogP contribution < -0.4 is 15.5 Å². The summed E-state index contributed by atoms with van der Waals surface area (Å²) in [6.45, 7) is 6.50. The standard InChI is InChI=1S/C17H26N6O3/c1-11(24)16-10-23(21-20-16)8-14-7-13-3-6-22(14)9-15(13)17(26)19-5-4-18-12(2)25/h10,13-15H,3-9H2,1-2H3,(H,18,25)(H,19,26)/p+1/t13-,14-,15+/m1/s1. The molecule has 3 aliphatic rings. The third kappa shape index (κ3) is 4.27. The maximum Gasteiger partial charge on any atom is 0.229 e. The van der Waals surface area contributed by atoms with Crippen molar-refractivity contribution in [3.05, 3.63) is 11.9 Å². The highest BCUT2D eigenvalue weighted by molar-refractivity contribution is 5.91. The van der Waals surface area contributed by atoms with Gasteiger partial charge in [-0.1, -0.05) is 5.21 Å². The van der Waals surface area contributed by atoms with Crippen molar-refractivity contribution in [2.24, 2.45) is 11.8 Å². The highest BCUT2D eigenvalue weighted by atomic mass is 16.2. The summed E-state index contributed by atoms with van der Waals surface area (Å²) in [4.78, 5) is 36.1. The van der Waals surface area contributed by atoms with Crippen molar-refractivity contribution < 1.29 is 19.3 Å². The fourth-order valence-electron chi connectivity index (χ4n) is 4.15. The molecule has 0 spiro atoms. The Labute approximate surface area is 152 Å². The first-order valence-electron chi connectivity index (χ1n) is 9.22. The lowest BCUT2D eigenvalue weighted by Crippen LogP contribution is -3.20. The number of aromatic nitrogens is 3. The van der Waals surface area contributed by atoms with Crippen LogP contribution in [-0.4, -0.2) is 64.8 Å². The Bertz CT molecular complexity index is 688. The van der Waals surface area contributed by atoms with Gasteiger partial charge in [0, 0.05) is 39.8 Å². The van der Waals surface area contributed by atoms with Gasteiger partial charge in [0.15, 0.2) is 5.78 Å². The van der Waals surface area contributed by atoms with Gasteiger partial charge >= 0.3 is 0 Å². The van der Waals surface area contributed by atoms with Crippen LogP contribution >= 0.6 is 0 Å². The maximum atomic E-state index is 12.5. The van der Waals surface area contributed by atoms with E-state index >= 15 is 0 Å². The van der Waals surface area contributed by atoms with Gasteiger partial charge in [0.1, 0.15) is 11.7 Å². The normalized spacial score (nSPS) is 27.2. The first-order chi connectivity index (χ1) is 12.4. The summed E-state index contributed by atoms with van der Waals surface area (Å²) in [5.74, 6) is 0.348. The summed E-state index contributed by atoms with van der Waals surface area (Å²) in [7, 11) is 0. The number of fused-ring (bicyclic) bond motifs is 3. The third-order valence-corrected chi connectivity index (χ3v) is 5.49. The van der Waals surface area contributed by atoms with Crippen LogP contribution in [0, 0.1) is 11.8 Å². The van der Waals surface area contributed by atoms with Crippen LogP contribution in [0.5, 0.6) is 0 Å². The zero-order valence-electron chi connectivity index (χ0n) is 15.3. The van der Waals surface area contributed by atoms with Crippen LogP contribution in [0.25, 0.3) is 0 Å². The lowest BCUT2D eigenvalue weighted by atomic mass is 9.75. The number of nitrogens with zero attached hydrogens (tertiary/aromatic N) is 3. The number of carbonyl (C=O) groups is 3. The molecular weight excluding hydrogens is 336 g/mol. The number of Topliss-reactive ketones (excluding diaryl/α,β-unsaturated/α-hetero) is 1. The lowest BCUT2D eigenvalue weighted by molar-refractivity contribution is -0.945. The van der Waals surface area contributed by atoms with Gasteiger partial charge < -0.3 is 15.5 Å². The van der Waals surface area contributed by atoms with Gasteiger partial charge in [0.2, 0.25) is 11.8 Å². The quantitative estimate of drug-likeness (QED) is 0.384. The Morgan fingerprint density at radius 1 is 1.27 bits per heavy atom. The number of hydrogen-bond donors (Lipinski definition) is 3. The van der Waals surface area contributed by atoms with E-state index < -0.39 is 0 Å². The van der Waals surface area contributed by atoms with E-state index in [-0.39, 0.29) is 23.5 Å². The molecule has 4 rings (SSSR count). The molecule has 26 heavy (non-hydrogen) atoms. The molecule has 1 aromatic heterocycles. The van der Waals surface area contributed by atoms with Gasteiger partial charge in [-0.25, -0.2) is 4.68 Å². The fourth-order valence-corrected chi connectivity index (χ4v) is 4.15. The maximum absolute atomic E-state index is 12.5. The summed E-state index contributed by atoms with van der Waals surface area (Å²) < 4.78 is 1.75. The number of carbonyl (C=O) groups excluding carboxylic acids is 3. The van der Waals surface area contributed by atoms with Crippen LogP contribution in [0.1, 0.15) is 37.2 Å². The molecule has 0 radical (unpaired) electrons. The first kappa shape index (κ1) is 18.5. The molecule has 2 amide bonds. The predicted molar refractivity (Wildman–Crippen MR) is 92.4 cm³/mol. The molecule has 2 bridgehead atoms. The minimum absolute atomic E-state index is 0.0378. The number of hydrogen-bond acceptors (Lipinski definition) is 5. The second kappa shape index (κ2) is 7.94. The van der Waals surface area contributed by atoms with E-state index in [1.807, 2.05) is 0 Å². The summed E-state index contributed by atoms with van der Waals surface area (Å²) in [5, 5.41) is 13.6. The molecule has 3 saturated heterocycles. The number of nitrogens with one attached hydrogen (secondary N) is 3. The number of quaternary nitrogens is 1. The second-order valence-electron chi connectivity index (χ2n) is 7.36. The van der Waals surface area contributed by atoms with Gasteiger partial charge in [0.05, 0.1) is 31.7 Å². The molecule has 9 heteroatoms. The van der Waals surface area contributed by atoms with Crippen LogP contribution in [0.4, 0.5) is 0 Å². The van der Waals surface area contributed by atoms with E-state index in [0.717, 1.165) is 32.5 Å². The molecule has 142 valence electrons. The van der Waals surface area contributed by atoms with Gasteiger partial charge in [0.25, 0.3) is 0 Å². The topological polar surface area (TPSA) is 110 Å². The molecule has 0 aliphatic carbocycles. The first-order valence-corrected chi connectivity index (χ1v) is 9.22. The molecule has 0 aromatic carbocycles. The average molecular weight is 363 g/mol. The van der Waals surface area contributed by atoms with Crippen LogP contribution in [-0.2, 0) is 16.1 Å². The average Bonchev–Trinajstić information content (AvgIpc) is 3.08. The summed E-state index contributed by atoms with van der Waals surface area (Å²) in [6.07, 6.45) is 3.75. The van der Waals surface area contributed by atoms with E-state index in [1.165, 1.54) is 18.7 Å². The van der Waals surface area contributed by atoms with Crippen LogP contribution in [0.15, 0.2) is 6.20 Å². The summed E-state index contributed by atoms with van der Waals surface area (Å²) >= 11 is 0. The molecule has 9 nitrogen and oxygen atoms in total. The van der Waals surface area contributed by atoms with Crippen molar-refractivity contribution in [2.45, 2.75) is 39.3 Å². The number of amides is 2. The Balaban J connectivity index is 1.51. The van der Waals surface area contributed by atoms with E-state index in [1.54, 1.807) is 10.9 Å². The number of ketones is 1. The van der Waals surface area contributed by atoms with E-state index in [2.05, 4.69) is 20.9 Å². The minimum Gasteiger partial charge on any atom is -0.355 e. The molecule has 3 aliphatic heterocycles. The lowest BCUT2D eigenvalue weighted by Gasteiger charge is -2.46. The Hall–Kier alpha value is -2.29.